The molecular weight excluding hydrogens is 392 g/mol. The number of nitrogens with one attached hydrogen (secondary N) is 1. The lowest BCUT2D eigenvalue weighted by atomic mass is 10.1. The van der Waals surface area contributed by atoms with Gasteiger partial charge in [0.2, 0.25) is 0 Å². The highest BCUT2D eigenvalue weighted by Crippen LogP contribution is 2.28. The zero-order valence-corrected chi connectivity index (χ0v) is 17.3. The lowest BCUT2D eigenvalue weighted by Gasteiger charge is -2.11. The van der Waals surface area contributed by atoms with Crippen molar-refractivity contribution in [3.63, 3.8) is 0 Å². The number of nitrogens with zero attached hydrogens (tertiary/aromatic N) is 1. The summed E-state index contributed by atoms with van der Waals surface area (Å²) in [5.41, 5.74) is 2.40. The molecule has 0 saturated heterocycles. The zero-order chi connectivity index (χ0) is 21.8. The highest BCUT2D eigenvalue weighted by atomic mass is 16.5. The fourth-order valence-electron chi connectivity index (χ4n) is 3.24. The van der Waals surface area contributed by atoms with Gasteiger partial charge in [-0.15, -0.1) is 0 Å². The standard InChI is InChI=1S/C25H22N2O4/c1-27(2)25(29)17-12-14-18(15-13-17)26-24(28)23-21(16-30-19-8-4-3-5-9-19)20-10-6-7-11-22(20)31-23/h3-15H,16H2,1-2H3,(H,26,28). The normalized spacial score (nSPS) is 10.6. The smallest absolute Gasteiger partial charge is 0.291 e. The van der Waals surface area contributed by atoms with E-state index in [0.29, 0.717) is 28.1 Å². The summed E-state index contributed by atoms with van der Waals surface area (Å²) in [5, 5.41) is 3.67. The number of hydrogen-bond donors (Lipinski definition) is 1. The van der Waals surface area contributed by atoms with E-state index in [-0.39, 0.29) is 24.2 Å². The summed E-state index contributed by atoms with van der Waals surface area (Å²) in [4.78, 5) is 26.6. The van der Waals surface area contributed by atoms with Crippen LogP contribution in [0.2, 0.25) is 0 Å². The van der Waals surface area contributed by atoms with Gasteiger partial charge in [0.25, 0.3) is 11.8 Å². The Balaban J connectivity index is 1.58. The molecule has 4 aromatic rings. The Bertz CT molecular complexity index is 1210. The molecule has 0 aliphatic carbocycles. The number of benzene rings is 3. The van der Waals surface area contributed by atoms with Gasteiger partial charge >= 0.3 is 0 Å². The van der Waals surface area contributed by atoms with Gasteiger partial charge in [0.1, 0.15) is 17.9 Å². The molecule has 31 heavy (non-hydrogen) atoms. The highest BCUT2D eigenvalue weighted by Gasteiger charge is 2.21. The number of fused-ring (bicyclic) bond motifs is 1. The molecule has 0 atom stereocenters. The number of carbonyl (C=O) groups excluding carboxylic acids is 2. The molecule has 0 bridgehead atoms. The molecule has 3 aromatic carbocycles. The summed E-state index contributed by atoms with van der Waals surface area (Å²) in [5.74, 6) is 0.427. The molecule has 6 heteroatoms. The topological polar surface area (TPSA) is 71.8 Å². The van der Waals surface area contributed by atoms with Crippen molar-refractivity contribution < 1.29 is 18.7 Å². The fourth-order valence-corrected chi connectivity index (χ4v) is 3.24. The Labute approximate surface area is 180 Å². The van der Waals surface area contributed by atoms with Crippen molar-refractivity contribution in [2.75, 3.05) is 19.4 Å². The van der Waals surface area contributed by atoms with Gasteiger partial charge in [-0.2, -0.15) is 0 Å². The van der Waals surface area contributed by atoms with Crippen molar-refractivity contribution in [1.29, 1.82) is 0 Å². The third kappa shape index (κ3) is 4.43. The molecule has 1 N–H and O–H groups in total. The van der Waals surface area contributed by atoms with E-state index in [1.54, 1.807) is 38.4 Å². The van der Waals surface area contributed by atoms with E-state index in [1.807, 2.05) is 54.6 Å². The van der Waals surface area contributed by atoms with E-state index >= 15 is 0 Å². The molecule has 0 aliphatic rings. The van der Waals surface area contributed by atoms with Gasteiger partial charge in [0, 0.05) is 36.3 Å². The maximum absolute atomic E-state index is 13.0. The Morgan fingerprint density at radius 1 is 0.903 bits per heavy atom. The number of hydrogen-bond acceptors (Lipinski definition) is 4. The van der Waals surface area contributed by atoms with Crippen molar-refractivity contribution in [3.8, 4) is 5.75 Å². The molecule has 1 heterocycles. The second-order valence-electron chi connectivity index (χ2n) is 7.24. The average Bonchev–Trinajstić information content (AvgIpc) is 3.17. The molecule has 6 nitrogen and oxygen atoms in total. The van der Waals surface area contributed by atoms with Gasteiger partial charge < -0.3 is 19.4 Å². The fraction of sp³-hybridized carbons (Fsp3) is 0.120. The molecule has 0 radical (unpaired) electrons. The van der Waals surface area contributed by atoms with Crippen LogP contribution >= 0.6 is 0 Å². The Morgan fingerprint density at radius 3 is 2.29 bits per heavy atom. The van der Waals surface area contributed by atoms with Crippen LogP contribution in [0.5, 0.6) is 5.75 Å². The SMILES string of the molecule is CN(C)C(=O)c1ccc(NC(=O)c2oc3ccccc3c2COc2ccccc2)cc1. The second-order valence-corrected chi connectivity index (χ2v) is 7.24. The quantitative estimate of drug-likeness (QED) is 0.484. The predicted octanol–water partition coefficient (Wildman–Crippen LogP) is 4.97. The first kappa shape index (κ1) is 20.2. The van der Waals surface area contributed by atoms with E-state index in [2.05, 4.69) is 5.32 Å². The van der Waals surface area contributed by atoms with Crippen LogP contribution in [-0.2, 0) is 6.61 Å². The van der Waals surface area contributed by atoms with Crippen LogP contribution in [0, 0.1) is 0 Å². The number of amides is 2. The zero-order valence-electron chi connectivity index (χ0n) is 17.3. The van der Waals surface area contributed by atoms with E-state index in [4.69, 9.17) is 9.15 Å². The second kappa shape index (κ2) is 8.75. The number of carbonyl (C=O) groups is 2. The first-order valence-electron chi connectivity index (χ1n) is 9.84. The third-order valence-electron chi connectivity index (χ3n) is 4.83. The van der Waals surface area contributed by atoms with Crippen LogP contribution in [0.25, 0.3) is 11.0 Å². The summed E-state index contributed by atoms with van der Waals surface area (Å²) in [6.07, 6.45) is 0. The molecule has 0 saturated carbocycles. The van der Waals surface area contributed by atoms with E-state index < -0.39 is 0 Å². The summed E-state index contributed by atoms with van der Waals surface area (Å²) in [6, 6.07) is 23.6. The average molecular weight is 414 g/mol. The van der Waals surface area contributed by atoms with Gasteiger partial charge in [-0.1, -0.05) is 36.4 Å². The van der Waals surface area contributed by atoms with Crippen LogP contribution < -0.4 is 10.1 Å². The number of anilines is 1. The number of para-hydroxylation sites is 2. The molecule has 2 amide bonds. The van der Waals surface area contributed by atoms with E-state index in [9.17, 15) is 9.59 Å². The van der Waals surface area contributed by atoms with Crippen molar-refractivity contribution in [2.45, 2.75) is 6.61 Å². The summed E-state index contributed by atoms with van der Waals surface area (Å²) in [6.45, 7) is 0.194. The van der Waals surface area contributed by atoms with Crippen molar-refractivity contribution in [1.82, 2.24) is 4.90 Å². The predicted molar refractivity (Wildman–Crippen MR) is 119 cm³/mol. The largest absolute Gasteiger partial charge is 0.489 e. The Morgan fingerprint density at radius 2 is 1.58 bits per heavy atom. The maximum atomic E-state index is 13.0. The van der Waals surface area contributed by atoms with Gasteiger partial charge in [-0.05, 0) is 42.5 Å². The molecule has 0 aliphatic heterocycles. The summed E-state index contributed by atoms with van der Waals surface area (Å²) >= 11 is 0. The maximum Gasteiger partial charge on any atom is 0.291 e. The minimum atomic E-state index is -0.380. The Kier molecular flexibility index (Phi) is 5.71. The number of furan rings is 1. The van der Waals surface area contributed by atoms with Crippen LogP contribution in [0.15, 0.2) is 83.3 Å². The molecular formula is C25H22N2O4. The van der Waals surface area contributed by atoms with Crippen LogP contribution in [0.1, 0.15) is 26.5 Å². The van der Waals surface area contributed by atoms with Crippen molar-refractivity contribution >= 4 is 28.5 Å². The highest BCUT2D eigenvalue weighted by molar-refractivity contribution is 6.06. The summed E-state index contributed by atoms with van der Waals surface area (Å²) in [7, 11) is 3.39. The molecule has 0 unspecified atom stereocenters. The minimum absolute atomic E-state index is 0.101. The van der Waals surface area contributed by atoms with Crippen LogP contribution in [0.4, 0.5) is 5.69 Å². The van der Waals surface area contributed by atoms with Gasteiger partial charge in [0.05, 0.1) is 0 Å². The van der Waals surface area contributed by atoms with E-state index in [0.717, 1.165) is 5.39 Å². The molecule has 0 spiro atoms. The molecule has 0 fully saturated rings. The van der Waals surface area contributed by atoms with E-state index in [1.165, 1.54) is 4.90 Å². The molecule has 156 valence electrons. The lowest BCUT2D eigenvalue weighted by Crippen LogP contribution is -2.21. The van der Waals surface area contributed by atoms with Gasteiger partial charge in [-0.25, -0.2) is 0 Å². The van der Waals surface area contributed by atoms with Crippen molar-refractivity contribution in [3.05, 3.63) is 95.7 Å². The Hall–Kier alpha value is -4.06. The van der Waals surface area contributed by atoms with Crippen LogP contribution in [0.3, 0.4) is 0 Å². The van der Waals surface area contributed by atoms with Crippen molar-refractivity contribution in [2.24, 2.45) is 0 Å². The van der Waals surface area contributed by atoms with Gasteiger partial charge in [-0.3, -0.25) is 9.59 Å². The lowest BCUT2D eigenvalue weighted by molar-refractivity contribution is 0.0827. The van der Waals surface area contributed by atoms with Gasteiger partial charge in [0.15, 0.2) is 5.76 Å². The molecule has 1 aromatic heterocycles. The number of rotatable bonds is 6. The number of ether oxygens (including phenoxy) is 1. The minimum Gasteiger partial charge on any atom is -0.489 e. The molecule has 4 rings (SSSR count). The first-order valence-corrected chi connectivity index (χ1v) is 9.84. The van der Waals surface area contributed by atoms with Crippen LogP contribution in [-0.4, -0.2) is 30.8 Å². The third-order valence-corrected chi connectivity index (χ3v) is 4.83. The summed E-state index contributed by atoms with van der Waals surface area (Å²) < 4.78 is 11.7. The monoisotopic (exact) mass is 414 g/mol. The first-order chi connectivity index (χ1) is 15.0.